The first-order chi connectivity index (χ1) is 11.1. The number of nitroso groups, excluding NO2 is 2. The number of halogens is 1. The molecule has 0 bridgehead atoms. The number of benzene rings is 1. The van der Waals surface area contributed by atoms with Crippen molar-refractivity contribution in [3.05, 3.63) is 31.5 Å². The van der Waals surface area contributed by atoms with E-state index in [-0.39, 0.29) is 22.0 Å². The number of aldehydes is 1. The molecule has 6 heteroatoms. The van der Waals surface area contributed by atoms with E-state index in [0.717, 1.165) is 19.3 Å². The van der Waals surface area contributed by atoms with Crippen molar-refractivity contribution in [1.82, 2.24) is 0 Å². The average molecular weight is 339 g/mol. The summed E-state index contributed by atoms with van der Waals surface area (Å²) in [4.78, 5) is 33.5. The lowest BCUT2D eigenvalue weighted by atomic mass is 9.96. The standard InChI is InChI=1S/C17H23ClN2O3/c1-3-4-5-6-7-8-9-10-13-16(19-22)14(11-21)12(2)15(18)17(13)20-23/h11H,3-10H2,1-2H3. The summed E-state index contributed by atoms with van der Waals surface area (Å²) in [5.74, 6) is 0. The molecule has 0 unspecified atom stereocenters. The van der Waals surface area contributed by atoms with Gasteiger partial charge in [0, 0.05) is 11.1 Å². The van der Waals surface area contributed by atoms with Crippen LogP contribution in [-0.2, 0) is 6.42 Å². The summed E-state index contributed by atoms with van der Waals surface area (Å²) in [6.07, 6.45) is 8.78. The van der Waals surface area contributed by atoms with Gasteiger partial charge in [0.05, 0.1) is 5.02 Å². The van der Waals surface area contributed by atoms with Crippen molar-refractivity contribution in [3.8, 4) is 0 Å². The van der Waals surface area contributed by atoms with Crippen molar-refractivity contribution >= 4 is 29.3 Å². The third-order valence-corrected chi connectivity index (χ3v) is 4.56. The smallest absolute Gasteiger partial charge is 0.152 e. The lowest BCUT2D eigenvalue weighted by Gasteiger charge is -2.13. The Morgan fingerprint density at radius 1 is 0.957 bits per heavy atom. The van der Waals surface area contributed by atoms with E-state index in [1.807, 2.05) is 0 Å². The van der Waals surface area contributed by atoms with Gasteiger partial charge in [-0.05, 0) is 35.7 Å². The third kappa shape index (κ3) is 4.93. The van der Waals surface area contributed by atoms with Gasteiger partial charge in [0.2, 0.25) is 0 Å². The molecule has 0 saturated carbocycles. The maximum atomic E-state index is 11.2. The molecule has 0 amide bonds. The Bertz CT molecular complexity index is 574. The Labute approximate surface area is 141 Å². The highest BCUT2D eigenvalue weighted by Gasteiger charge is 2.22. The molecule has 0 N–H and O–H groups in total. The van der Waals surface area contributed by atoms with Gasteiger partial charge in [0.15, 0.2) is 6.29 Å². The maximum Gasteiger partial charge on any atom is 0.152 e. The van der Waals surface area contributed by atoms with Gasteiger partial charge < -0.3 is 0 Å². The molecule has 1 aromatic rings. The molecule has 0 aromatic heterocycles. The second-order valence-electron chi connectivity index (χ2n) is 5.70. The van der Waals surface area contributed by atoms with E-state index < -0.39 is 0 Å². The Kier molecular flexibility index (Phi) is 8.62. The number of rotatable bonds is 11. The number of hydrogen-bond acceptors (Lipinski definition) is 5. The molecule has 0 aliphatic heterocycles. The minimum atomic E-state index is 0.00230. The summed E-state index contributed by atoms with van der Waals surface area (Å²) in [5, 5.41) is 6.04. The molecule has 1 aromatic carbocycles. The van der Waals surface area contributed by atoms with Crippen molar-refractivity contribution in [2.75, 3.05) is 0 Å². The molecule has 126 valence electrons. The average Bonchev–Trinajstić information content (AvgIpc) is 2.56. The van der Waals surface area contributed by atoms with Crippen LogP contribution < -0.4 is 0 Å². The minimum absolute atomic E-state index is 0.00230. The first-order valence-corrected chi connectivity index (χ1v) is 8.46. The Hall–Kier alpha value is -1.62. The predicted octanol–water partition coefficient (Wildman–Crippen LogP) is 6.55. The molecule has 0 spiro atoms. The van der Waals surface area contributed by atoms with Crippen molar-refractivity contribution in [3.63, 3.8) is 0 Å². The molecule has 5 nitrogen and oxygen atoms in total. The fourth-order valence-corrected chi connectivity index (χ4v) is 2.97. The van der Waals surface area contributed by atoms with Gasteiger partial charge in [0.25, 0.3) is 0 Å². The monoisotopic (exact) mass is 338 g/mol. The van der Waals surface area contributed by atoms with E-state index in [0.29, 0.717) is 23.8 Å². The van der Waals surface area contributed by atoms with Crippen molar-refractivity contribution in [2.24, 2.45) is 10.4 Å². The van der Waals surface area contributed by atoms with Crippen LogP contribution in [0.2, 0.25) is 5.02 Å². The van der Waals surface area contributed by atoms with Gasteiger partial charge in [-0.1, -0.05) is 57.0 Å². The topological polar surface area (TPSA) is 75.9 Å². The van der Waals surface area contributed by atoms with Crippen LogP contribution in [0.5, 0.6) is 0 Å². The van der Waals surface area contributed by atoms with Gasteiger partial charge in [-0.25, -0.2) is 0 Å². The molecule has 0 fully saturated rings. The zero-order valence-corrected chi connectivity index (χ0v) is 14.5. The summed E-state index contributed by atoms with van der Waals surface area (Å²) in [5.41, 5.74) is 0.948. The van der Waals surface area contributed by atoms with Gasteiger partial charge >= 0.3 is 0 Å². The van der Waals surface area contributed by atoms with Crippen LogP contribution >= 0.6 is 11.6 Å². The number of carbonyl (C=O) groups is 1. The van der Waals surface area contributed by atoms with E-state index in [1.165, 1.54) is 25.7 Å². The Balaban J connectivity index is 2.88. The highest BCUT2D eigenvalue weighted by molar-refractivity contribution is 6.34. The molecule has 23 heavy (non-hydrogen) atoms. The van der Waals surface area contributed by atoms with Crippen LogP contribution in [0.1, 0.15) is 73.4 Å². The van der Waals surface area contributed by atoms with Crippen LogP contribution in [0.4, 0.5) is 11.4 Å². The quantitative estimate of drug-likeness (QED) is 0.261. The zero-order valence-electron chi connectivity index (χ0n) is 13.7. The molecule has 0 aliphatic rings. The molecular formula is C17H23ClN2O3. The lowest BCUT2D eigenvalue weighted by molar-refractivity contribution is 0.112. The third-order valence-electron chi connectivity index (χ3n) is 4.10. The number of nitrogens with zero attached hydrogens (tertiary/aromatic N) is 2. The lowest BCUT2D eigenvalue weighted by Crippen LogP contribution is -1.97. The zero-order chi connectivity index (χ0) is 17.2. The van der Waals surface area contributed by atoms with Gasteiger partial charge in [-0.2, -0.15) is 0 Å². The molecule has 0 radical (unpaired) electrons. The van der Waals surface area contributed by atoms with Crippen molar-refractivity contribution in [1.29, 1.82) is 0 Å². The summed E-state index contributed by atoms with van der Waals surface area (Å²) in [6.45, 7) is 3.75. The molecule has 0 saturated heterocycles. The van der Waals surface area contributed by atoms with Gasteiger partial charge in [-0.15, -0.1) is 9.81 Å². The molecule has 0 aliphatic carbocycles. The molecule has 0 atom stereocenters. The van der Waals surface area contributed by atoms with Crippen LogP contribution in [0, 0.1) is 16.7 Å². The first kappa shape index (κ1) is 19.4. The fraction of sp³-hybridized carbons (Fsp3) is 0.588. The predicted molar refractivity (Wildman–Crippen MR) is 94.2 cm³/mol. The van der Waals surface area contributed by atoms with Gasteiger partial charge in [-0.3, -0.25) is 4.79 Å². The van der Waals surface area contributed by atoms with E-state index in [2.05, 4.69) is 17.3 Å². The van der Waals surface area contributed by atoms with Crippen LogP contribution in [0.3, 0.4) is 0 Å². The van der Waals surface area contributed by atoms with E-state index >= 15 is 0 Å². The largest absolute Gasteiger partial charge is 0.298 e. The second kappa shape index (κ2) is 10.2. The highest BCUT2D eigenvalue weighted by Crippen LogP contribution is 2.42. The van der Waals surface area contributed by atoms with Crippen LogP contribution in [0.25, 0.3) is 0 Å². The fourth-order valence-electron chi connectivity index (χ4n) is 2.72. The van der Waals surface area contributed by atoms with E-state index in [9.17, 15) is 14.6 Å². The summed E-state index contributed by atoms with van der Waals surface area (Å²) >= 11 is 6.11. The maximum absolute atomic E-state index is 11.2. The number of carbonyl (C=O) groups excluding carboxylic acids is 1. The summed E-state index contributed by atoms with van der Waals surface area (Å²) in [7, 11) is 0. The number of hydrogen-bond donors (Lipinski definition) is 0. The summed E-state index contributed by atoms with van der Waals surface area (Å²) < 4.78 is 0. The van der Waals surface area contributed by atoms with E-state index in [4.69, 9.17) is 11.6 Å². The molecule has 1 rings (SSSR count). The minimum Gasteiger partial charge on any atom is -0.298 e. The van der Waals surface area contributed by atoms with Crippen molar-refractivity contribution in [2.45, 2.75) is 65.2 Å². The van der Waals surface area contributed by atoms with Gasteiger partial charge in [0.1, 0.15) is 11.4 Å². The summed E-state index contributed by atoms with van der Waals surface area (Å²) in [6, 6.07) is 0. The highest BCUT2D eigenvalue weighted by atomic mass is 35.5. The van der Waals surface area contributed by atoms with Crippen molar-refractivity contribution < 1.29 is 4.79 Å². The normalized spacial score (nSPS) is 10.6. The SMILES string of the molecule is CCCCCCCCCc1c(N=O)c(Cl)c(C)c(C=O)c1N=O. The molecule has 0 heterocycles. The molecular weight excluding hydrogens is 316 g/mol. The van der Waals surface area contributed by atoms with Crippen LogP contribution in [0.15, 0.2) is 10.4 Å². The number of unbranched alkanes of at least 4 members (excludes halogenated alkanes) is 6. The van der Waals surface area contributed by atoms with Crippen LogP contribution in [-0.4, -0.2) is 6.29 Å². The Morgan fingerprint density at radius 2 is 1.52 bits per heavy atom. The second-order valence-corrected chi connectivity index (χ2v) is 6.08. The van der Waals surface area contributed by atoms with E-state index in [1.54, 1.807) is 6.92 Å². The first-order valence-electron chi connectivity index (χ1n) is 8.09. The Morgan fingerprint density at radius 3 is 2.04 bits per heavy atom.